The molecule has 6 nitrogen and oxygen atoms in total. The highest BCUT2D eigenvalue weighted by atomic mass is 19.4. The number of rotatable bonds is 8. The van der Waals surface area contributed by atoms with E-state index in [1.54, 1.807) is 97.1 Å². The molecular formula is C68H36F12N6. The molecule has 0 bridgehead atoms. The summed E-state index contributed by atoms with van der Waals surface area (Å²) in [5.41, 5.74) is -0.970. The maximum Gasteiger partial charge on any atom is 0.417 e. The maximum atomic E-state index is 14.7. The third-order valence-corrected chi connectivity index (χ3v) is 15.1. The van der Waals surface area contributed by atoms with Gasteiger partial charge in [0.05, 0.1) is 61.6 Å². The summed E-state index contributed by atoms with van der Waals surface area (Å²) in [5, 5.41) is 13.1. The van der Waals surface area contributed by atoms with Gasteiger partial charge in [-0.2, -0.15) is 57.9 Å². The van der Waals surface area contributed by atoms with Crippen LogP contribution in [0.25, 0.3) is 123 Å². The summed E-state index contributed by atoms with van der Waals surface area (Å²) in [6, 6.07) is 57.4. The van der Waals surface area contributed by atoms with E-state index in [0.717, 1.165) is 12.1 Å². The molecule has 0 fully saturated rings. The summed E-state index contributed by atoms with van der Waals surface area (Å²) in [6.45, 7) is 0. The smallest absolute Gasteiger partial charge is 0.309 e. The van der Waals surface area contributed by atoms with Gasteiger partial charge in [0, 0.05) is 55.0 Å². The number of aromatic nitrogens is 5. The molecule has 86 heavy (non-hydrogen) atoms. The minimum Gasteiger partial charge on any atom is -0.309 e. The monoisotopic (exact) mass is 1160 g/mol. The first-order chi connectivity index (χ1) is 41.1. The van der Waals surface area contributed by atoms with Gasteiger partial charge < -0.3 is 9.13 Å². The van der Waals surface area contributed by atoms with Crippen LogP contribution in [-0.4, -0.2) is 24.1 Å². The Morgan fingerprint density at radius 2 is 0.744 bits per heavy atom. The van der Waals surface area contributed by atoms with E-state index >= 15 is 0 Å². The first-order valence-electron chi connectivity index (χ1n) is 26.3. The standard InChI is InChI=1S/C68H36F12N6/c69-65(70,71)44-23-26-47(55(34-44)67(75,76)77)40-20-28-59-52(31-40)49-15-7-9-17-57(49)85(59)46-25-19-43(37-81)51(36-46)54-33-42(64-83-62(38-11-3-1-4-12-38)82-63(84-64)39-13-5-2-6-14-39)22-30-61(54)86-58-18-10-8-16-50(58)53-32-41(21-29-60(53)86)48-27-24-45(66(72,73)74)35-56(48)68(78,79)80/h1-36H. The minimum absolute atomic E-state index is 0.00560. The van der Waals surface area contributed by atoms with Crippen LogP contribution in [-0.2, 0) is 24.7 Å². The normalized spacial score (nSPS) is 12.4. The highest BCUT2D eigenvalue weighted by Gasteiger charge is 2.40. The Bertz CT molecular complexity index is 4840. The SMILES string of the molecule is N#Cc1ccc(-n2c3ccccc3c3cc(-c4ccc(C(F)(F)F)cc4C(F)(F)F)ccc32)cc1-c1cc(-c2nc(-c3ccccc3)nc(-c3ccccc3)n2)ccc1-n1c2ccccc2c2cc(-c3ccc(C(F)(F)F)cc3C(F)(F)F)ccc21. The number of fused-ring (bicyclic) bond motifs is 6. The molecule has 0 aliphatic heterocycles. The van der Waals surface area contributed by atoms with Crippen LogP contribution < -0.4 is 0 Å². The lowest BCUT2D eigenvalue weighted by atomic mass is 9.95. The summed E-state index contributed by atoms with van der Waals surface area (Å²) in [7, 11) is 0. The first-order valence-corrected chi connectivity index (χ1v) is 26.3. The van der Waals surface area contributed by atoms with Crippen molar-refractivity contribution in [3.05, 3.63) is 246 Å². The quantitative estimate of drug-likeness (QED) is 0.142. The van der Waals surface area contributed by atoms with Crippen LogP contribution in [0.3, 0.4) is 0 Å². The zero-order valence-corrected chi connectivity index (χ0v) is 44.0. The Labute approximate surface area is 479 Å². The Hall–Kier alpha value is -10.5. The zero-order valence-electron chi connectivity index (χ0n) is 44.0. The van der Waals surface area contributed by atoms with Gasteiger partial charge in [-0.05, 0) is 119 Å². The van der Waals surface area contributed by atoms with E-state index in [9.17, 15) is 57.9 Å². The molecule has 0 saturated heterocycles. The highest BCUT2D eigenvalue weighted by Crippen LogP contribution is 2.47. The second kappa shape index (κ2) is 20.4. The number of para-hydroxylation sites is 2. The van der Waals surface area contributed by atoms with Crippen LogP contribution in [0.1, 0.15) is 27.8 Å². The molecule has 0 saturated carbocycles. The van der Waals surface area contributed by atoms with Crippen molar-refractivity contribution in [1.29, 1.82) is 5.26 Å². The molecule has 3 aromatic heterocycles. The predicted octanol–water partition coefficient (Wildman–Crippen LogP) is 20.0. The molecule has 0 aliphatic rings. The molecule has 13 aromatic rings. The Balaban J connectivity index is 1.05. The van der Waals surface area contributed by atoms with Crippen LogP contribution in [0.4, 0.5) is 52.7 Å². The van der Waals surface area contributed by atoms with Crippen LogP contribution in [0, 0.1) is 11.3 Å². The molecule has 10 aromatic carbocycles. The van der Waals surface area contributed by atoms with Gasteiger partial charge in [-0.15, -0.1) is 0 Å². The van der Waals surface area contributed by atoms with E-state index in [1.165, 1.54) is 24.3 Å². The second-order valence-corrected chi connectivity index (χ2v) is 20.3. The molecule has 0 atom stereocenters. The number of benzene rings is 10. The average molecular weight is 1170 g/mol. The molecule has 18 heteroatoms. The second-order valence-electron chi connectivity index (χ2n) is 20.3. The Kier molecular flexibility index (Phi) is 13.0. The first kappa shape index (κ1) is 54.7. The molecule has 0 spiro atoms. The minimum atomic E-state index is -5.16. The van der Waals surface area contributed by atoms with E-state index in [2.05, 4.69) is 6.07 Å². The molecule has 0 amide bonds. The molecule has 422 valence electrons. The number of alkyl halides is 12. The number of hydrogen-bond donors (Lipinski definition) is 0. The summed E-state index contributed by atoms with van der Waals surface area (Å²) in [4.78, 5) is 14.8. The molecule has 0 aliphatic carbocycles. The fraction of sp³-hybridized carbons (Fsp3) is 0.0588. The molecular weight excluding hydrogens is 1130 g/mol. The molecule has 13 rings (SSSR count). The third kappa shape index (κ3) is 9.69. The topological polar surface area (TPSA) is 72.3 Å². The molecule has 0 radical (unpaired) electrons. The van der Waals surface area contributed by atoms with E-state index in [4.69, 9.17) is 15.0 Å². The van der Waals surface area contributed by atoms with Gasteiger partial charge in [-0.25, -0.2) is 15.0 Å². The van der Waals surface area contributed by atoms with Crippen LogP contribution >= 0.6 is 0 Å². The molecule has 3 heterocycles. The number of halogens is 12. The fourth-order valence-electron chi connectivity index (χ4n) is 11.2. The van der Waals surface area contributed by atoms with E-state index in [1.807, 2.05) is 69.8 Å². The number of nitrogens with zero attached hydrogens (tertiary/aromatic N) is 6. The van der Waals surface area contributed by atoms with Crippen molar-refractivity contribution in [2.75, 3.05) is 0 Å². The van der Waals surface area contributed by atoms with Gasteiger partial charge in [0.2, 0.25) is 0 Å². The van der Waals surface area contributed by atoms with Gasteiger partial charge in [-0.3, -0.25) is 0 Å². The van der Waals surface area contributed by atoms with Crippen molar-refractivity contribution in [2.45, 2.75) is 24.7 Å². The summed E-state index contributed by atoms with van der Waals surface area (Å²) in [6.07, 6.45) is -20.4. The summed E-state index contributed by atoms with van der Waals surface area (Å²) < 4.78 is 175. The van der Waals surface area contributed by atoms with Crippen molar-refractivity contribution in [1.82, 2.24) is 24.1 Å². The number of nitriles is 1. The van der Waals surface area contributed by atoms with Crippen molar-refractivity contribution >= 4 is 43.6 Å². The highest BCUT2D eigenvalue weighted by molar-refractivity contribution is 6.12. The number of hydrogen-bond acceptors (Lipinski definition) is 4. The van der Waals surface area contributed by atoms with Crippen LogP contribution in [0.5, 0.6) is 0 Å². The van der Waals surface area contributed by atoms with Gasteiger partial charge in [-0.1, -0.05) is 121 Å². The van der Waals surface area contributed by atoms with Gasteiger partial charge >= 0.3 is 24.7 Å². The van der Waals surface area contributed by atoms with Crippen LogP contribution in [0.15, 0.2) is 218 Å². The molecule has 0 unspecified atom stereocenters. The Morgan fingerprint density at radius 1 is 0.314 bits per heavy atom. The zero-order chi connectivity index (χ0) is 60.0. The lowest BCUT2D eigenvalue weighted by molar-refractivity contribution is -0.144. The van der Waals surface area contributed by atoms with E-state index in [-0.39, 0.29) is 34.6 Å². The van der Waals surface area contributed by atoms with Crippen LogP contribution in [0.2, 0.25) is 0 Å². The average Bonchev–Trinajstić information content (AvgIpc) is 1.64. The predicted molar refractivity (Wildman–Crippen MR) is 306 cm³/mol. The lowest BCUT2D eigenvalue weighted by Gasteiger charge is -2.19. The largest absolute Gasteiger partial charge is 0.417 e. The van der Waals surface area contributed by atoms with Crippen molar-refractivity contribution in [3.63, 3.8) is 0 Å². The summed E-state index contributed by atoms with van der Waals surface area (Å²) >= 11 is 0. The van der Waals surface area contributed by atoms with Gasteiger partial charge in [0.25, 0.3) is 0 Å². The van der Waals surface area contributed by atoms with E-state index in [0.29, 0.717) is 107 Å². The van der Waals surface area contributed by atoms with Crippen molar-refractivity contribution in [2.24, 2.45) is 0 Å². The lowest BCUT2D eigenvalue weighted by Crippen LogP contribution is -2.12. The Morgan fingerprint density at radius 3 is 1.22 bits per heavy atom. The van der Waals surface area contributed by atoms with Crippen molar-refractivity contribution in [3.8, 4) is 85.0 Å². The van der Waals surface area contributed by atoms with Gasteiger partial charge in [0.15, 0.2) is 17.5 Å². The van der Waals surface area contributed by atoms with Gasteiger partial charge in [0.1, 0.15) is 0 Å². The van der Waals surface area contributed by atoms with Crippen molar-refractivity contribution < 1.29 is 52.7 Å². The summed E-state index contributed by atoms with van der Waals surface area (Å²) in [5.74, 6) is 0.938. The maximum absolute atomic E-state index is 14.7. The molecule has 0 N–H and O–H groups in total. The third-order valence-electron chi connectivity index (χ3n) is 15.1. The fourth-order valence-corrected chi connectivity index (χ4v) is 11.2. The van der Waals surface area contributed by atoms with E-state index < -0.39 is 58.1 Å².